The Bertz CT molecular complexity index is 1420. The van der Waals surface area contributed by atoms with Crippen LogP contribution in [-0.4, -0.2) is 72.1 Å². The number of carbonyl (C=O) groups excluding carboxylic acids is 1. The van der Waals surface area contributed by atoms with E-state index < -0.39 is 5.97 Å². The van der Waals surface area contributed by atoms with Crippen LogP contribution in [0.15, 0.2) is 82.3 Å². The number of hydrogen-bond acceptors (Lipinski definition) is 6. The number of anilines is 1. The van der Waals surface area contributed by atoms with Gasteiger partial charge in [-0.05, 0) is 68.7 Å². The highest BCUT2D eigenvalue weighted by atomic mass is 35.5. The van der Waals surface area contributed by atoms with Crippen molar-refractivity contribution in [1.82, 2.24) is 4.90 Å². The number of halogens is 1. The van der Waals surface area contributed by atoms with Crippen molar-refractivity contribution in [2.75, 3.05) is 31.6 Å². The topological polar surface area (TPSA) is 109 Å². The van der Waals surface area contributed by atoms with Crippen molar-refractivity contribution in [2.45, 2.75) is 44.7 Å². The highest BCUT2D eigenvalue weighted by Gasteiger charge is 2.29. The quantitative estimate of drug-likeness (QED) is 0.347. The van der Waals surface area contributed by atoms with Crippen molar-refractivity contribution >= 4 is 40.6 Å². The van der Waals surface area contributed by atoms with Gasteiger partial charge in [-0.1, -0.05) is 35.9 Å². The van der Waals surface area contributed by atoms with Crippen LogP contribution in [0.2, 0.25) is 5.02 Å². The average molecular weight is 572 g/mol. The third-order valence-corrected chi connectivity index (χ3v) is 7.50. The number of rotatable bonds is 12. The van der Waals surface area contributed by atoms with Crippen LogP contribution in [0.25, 0.3) is 0 Å². The van der Waals surface area contributed by atoms with Gasteiger partial charge in [-0.2, -0.15) is 5.26 Å². The number of carboxylic acid groups (broad SMARTS) is 1. The van der Waals surface area contributed by atoms with Gasteiger partial charge < -0.3 is 14.9 Å². The van der Waals surface area contributed by atoms with E-state index in [0.29, 0.717) is 48.5 Å². The van der Waals surface area contributed by atoms with Gasteiger partial charge in [0.15, 0.2) is 0 Å². The van der Waals surface area contributed by atoms with Gasteiger partial charge in [0.2, 0.25) is 0 Å². The molecule has 2 atom stereocenters. The number of aliphatic imine (C=N–C) groups is 2. The van der Waals surface area contributed by atoms with E-state index in [0.717, 1.165) is 29.2 Å². The first-order valence-electron chi connectivity index (χ1n) is 13.8. The standard InChI is InChI=1S/C32H34ClN5O3/c1-3-38(26-15-8-22(21-34)9-16-26)19-18-37(2)32(41)24-12-17-27-29(20-24)35-28(6-4-5-7-30(39)40)31(36-27)23-10-13-25(33)14-11-23/h8-17,20,27,29H,3-7,18-19H2,1-2H3,(H,39,40). The summed E-state index contributed by atoms with van der Waals surface area (Å²) in [5.41, 5.74) is 4.71. The van der Waals surface area contributed by atoms with Crippen molar-refractivity contribution in [3.8, 4) is 6.07 Å². The van der Waals surface area contributed by atoms with Crippen LogP contribution < -0.4 is 4.90 Å². The zero-order valence-corrected chi connectivity index (χ0v) is 24.1. The van der Waals surface area contributed by atoms with E-state index >= 15 is 0 Å². The summed E-state index contributed by atoms with van der Waals surface area (Å²) in [6.07, 6.45) is 7.59. The Kier molecular flexibility index (Phi) is 10.1. The first-order valence-corrected chi connectivity index (χ1v) is 14.2. The molecule has 212 valence electrons. The predicted molar refractivity (Wildman–Crippen MR) is 163 cm³/mol. The molecule has 41 heavy (non-hydrogen) atoms. The molecule has 0 aromatic heterocycles. The van der Waals surface area contributed by atoms with E-state index in [4.69, 9.17) is 32.0 Å². The summed E-state index contributed by atoms with van der Waals surface area (Å²) < 4.78 is 0. The van der Waals surface area contributed by atoms with E-state index in [2.05, 4.69) is 17.9 Å². The molecule has 8 nitrogen and oxygen atoms in total. The molecule has 0 saturated carbocycles. The van der Waals surface area contributed by atoms with Gasteiger partial charge in [0.1, 0.15) is 0 Å². The minimum absolute atomic E-state index is 0.0822. The normalized spacial score (nSPS) is 17.5. The molecule has 1 aliphatic heterocycles. The fraction of sp³-hybridized carbons (Fsp3) is 0.344. The lowest BCUT2D eigenvalue weighted by atomic mass is 9.92. The molecule has 4 rings (SSSR count). The van der Waals surface area contributed by atoms with Crippen LogP contribution in [0, 0.1) is 11.3 Å². The molecule has 1 amide bonds. The fourth-order valence-electron chi connectivity index (χ4n) is 4.90. The molecule has 2 aromatic rings. The first-order chi connectivity index (χ1) is 19.8. The largest absolute Gasteiger partial charge is 0.481 e. The lowest BCUT2D eigenvalue weighted by Gasteiger charge is -2.29. The zero-order chi connectivity index (χ0) is 29.4. The third kappa shape index (κ3) is 7.71. The second-order valence-corrected chi connectivity index (χ2v) is 10.5. The van der Waals surface area contributed by atoms with Gasteiger partial charge in [0.05, 0.1) is 35.1 Å². The van der Waals surface area contributed by atoms with Gasteiger partial charge in [-0.15, -0.1) is 0 Å². The molecular weight excluding hydrogens is 538 g/mol. The zero-order valence-electron chi connectivity index (χ0n) is 23.3. The van der Waals surface area contributed by atoms with Crippen molar-refractivity contribution < 1.29 is 14.7 Å². The van der Waals surface area contributed by atoms with E-state index in [1.54, 1.807) is 24.1 Å². The molecule has 0 saturated heterocycles. The maximum absolute atomic E-state index is 13.4. The number of unbranched alkanes of at least 4 members (excludes halogenated alkanes) is 1. The van der Waals surface area contributed by atoms with E-state index in [1.165, 1.54) is 0 Å². The van der Waals surface area contributed by atoms with E-state index in [9.17, 15) is 9.59 Å². The minimum Gasteiger partial charge on any atom is -0.481 e. The number of hydrogen-bond donors (Lipinski definition) is 1. The number of likely N-dealkylation sites (N-methyl/N-ethyl adjacent to an activating group) is 2. The van der Waals surface area contributed by atoms with Gasteiger partial charge in [-0.3, -0.25) is 19.6 Å². The van der Waals surface area contributed by atoms with Crippen LogP contribution in [-0.2, 0) is 9.59 Å². The maximum atomic E-state index is 13.4. The summed E-state index contributed by atoms with van der Waals surface area (Å²) in [6, 6.07) is 16.5. The fourth-order valence-corrected chi connectivity index (χ4v) is 5.03. The molecule has 1 N–H and O–H groups in total. The number of amides is 1. The SMILES string of the molecule is CCN(CCN(C)C(=O)C1=CC2N=C(CCCCC(=O)O)C(c3ccc(Cl)cc3)=NC2C=C1)c1ccc(C#N)cc1. The molecule has 0 bridgehead atoms. The second-order valence-electron chi connectivity index (χ2n) is 10.1. The number of aliphatic carboxylic acids is 1. The van der Waals surface area contributed by atoms with Crippen LogP contribution in [0.4, 0.5) is 5.69 Å². The highest BCUT2D eigenvalue weighted by molar-refractivity contribution is 6.49. The van der Waals surface area contributed by atoms with Gasteiger partial charge in [0, 0.05) is 54.9 Å². The number of benzene rings is 2. The molecule has 1 aliphatic carbocycles. The van der Waals surface area contributed by atoms with Crippen LogP contribution in [0.1, 0.15) is 43.7 Å². The molecule has 0 fully saturated rings. The monoisotopic (exact) mass is 571 g/mol. The van der Waals surface area contributed by atoms with Gasteiger partial charge in [0.25, 0.3) is 5.91 Å². The lowest BCUT2D eigenvalue weighted by Crippen LogP contribution is -2.38. The Morgan fingerprint density at radius 1 is 1.02 bits per heavy atom. The summed E-state index contributed by atoms with van der Waals surface area (Å²) in [4.78, 5) is 38.2. The summed E-state index contributed by atoms with van der Waals surface area (Å²) in [5, 5.41) is 18.7. The Morgan fingerprint density at radius 3 is 2.41 bits per heavy atom. The number of fused-ring (bicyclic) bond motifs is 1. The van der Waals surface area contributed by atoms with E-state index in [-0.39, 0.29) is 24.4 Å². The maximum Gasteiger partial charge on any atom is 0.303 e. The smallest absolute Gasteiger partial charge is 0.303 e. The lowest BCUT2D eigenvalue weighted by molar-refractivity contribution is -0.137. The van der Waals surface area contributed by atoms with Crippen molar-refractivity contribution in [1.29, 1.82) is 5.26 Å². The Morgan fingerprint density at radius 2 is 1.76 bits per heavy atom. The minimum atomic E-state index is -0.811. The number of carbonyl (C=O) groups is 2. The molecule has 2 aromatic carbocycles. The van der Waals surface area contributed by atoms with Crippen molar-refractivity contribution in [2.24, 2.45) is 9.98 Å². The summed E-state index contributed by atoms with van der Waals surface area (Å²) in [5.74, 6) is -0.893. The Labute approximate surface area is 246 Å². The number of carboxylic acids is 1. The molecule has 1 heterocycles. The van der Waals surface area contributed by atoms with Crippen LogP contribution in [0.5, 0.6) is 0 Å². The number of nitrogens with zero attached hydrogens (tertiary/aromatic N) is 5. The average Bonchev–Trinajstić information content (AvgIpc) is 2.99. The van der Waals surface area contributed by atoms with Gasteiger partial charge in [-0.25, -0.2) is 0 Å². The molecule has 0 spiro atoms. The van der Waals surface area contributed by atoms with Crippen molar-refractivity contribution in [3.63, 3.8) is 0 Å². The molecular formula is C32H34ClN5O3. The first kappa shape index (κ1) is 29.8. The Hall–Kier alpha value is -4.22. The third-order valence-electron chi connectivity index (χ3n) is 7.24. The summed E-state index contributed by atoms with van der Waals surface area (Å²) >= 11 is 6.10. The number of nitriles is 1. The molecule has 9 heteroatoms. The summed E-state index contributed by atoms with van der Waals surface area (Å²) in [6.45, 7) is 4.02. The molecule has 2 unspecified atom stereocenters. The molecule has 0 radical (unpaired) electrons. The van der Waals surface area contributed by atoms with Gasteiger partial charge >= 0.3 is 5.97 Å². The predicted octanol–water partition coefficient (Wildman–Crippen LogP) is 5.32. The highest BCUT2D eigenvalue weighted by Crippen LogP contribution is 2.26. The van der Waals surface area contributed by atoms with Crippen molar-refractivity contribution in [3.05, 3.63) is 88.5 Å². The van der Waals surface area contributed by atoms with Crippen LogP contribution >= 0.6 is 11.6 Å². The molecule has 2 aliphatic rings. The second kappa shape index (κ2) is 13.9. The Balaban J connectivity index is 1.46. The van der Waals surface area contributed by atoms with Crippen LogP contribution in [0.3, 0.4) is 0 Å². The van der Waals surface area contributed by atoms with E-state index in [1.807, 2.05) is 54.6 Å². The summed E-state index contributed by atoms with van der Waals surface area (Å²) in [7, 11) is 1.80.